The van der Waals surface area contributed by atoms with E-state index in [2.05, 4.69) is 15.3 Å². The molecule has 1 aromatic carbocycles. The van der Waals surface area contributed by atoms with Crippen LogP contribution in [-0.2, 0) is 13.1 Å². The van der Waals surface area contributed by atoms with E-state index in [1.54, 1.807) is 18.5 Å². The Hall–Kier alpha value is -2.60. The number of nitrogens with zero attached hydrogens (tertiary/aromatic N) is 4. The van der Waals surface area contributed by atoms with Crippen molar-refractivity contribution < 1.29 is 4.79 Å². The molecular weight excluding hydrogens is 254 g/mol. The number of aromatic nitrogens is 4. The van der Waals surface area contributed by atoms with E-state index < -0.39 is 0 Å². The van der Waals surface area contributed by atoms with E-state index in [0.717, 1.165) is 10.9 Å². The number of Topliss-reactive ketones (excluding diaryl/α,β-unsaturated/α-hetero) is 1. The summed E-state index contributed by atoms with van der Waals surface area (Å²) < 4.78 is 1.50. The average Bonchev–Trinajstić information content (AvgIpc) is 2.94. The summed E-state index contributed by atoms with van der Waals surface area (Å²) in [4.78, 5) is 16.6. The first-order chi connectivity index (χ1) is 9.78. The Bertz CT molecular complexity index is 760. The zero-order valence-corrected chi connectivity index (χ0v) is 10.7. The van der Waals surface area contributed by atoms with Gasteiger partial charge in [0.2, 0.25) is 0 Å². The third kappa shape index (κ3) is 2.28. The van der Waals surface area contributed by atoms with Crippen molar-refractivity contribution in [3.05, 3.63) is 54.0 Å². The van der Waals surface area contributed by atoms with Gasteiger partial charge in [0, 0.05) is 23.7 Å². The normalized spacial score (nSPS) is 10.8. The molecule has 0 bridgehead atoms. The van der Waals surface area contributed by atoms with Crippen LogP contribution in [0.25, 0.3) is 10.9 Å². The van der Waals surface area contributed by atoms with Gasteiger partial charge in [0.25, 0.3) is 0 Å². The topological polar surface area (TPSA) is 86.7 Å². The molecule has 3 rings (SSSR count). The number of carbonyl (C=O) groups is 1. The fraction of sp³-hybridized carbons (Fsp3) is 0.143. The molecule has 6 nitrogen and oxygen atoms in total. The van der Waals surface area contributed by atoms with Crippen molar-refractivity contribution in [1.82, 2.24) is 20.0 Å². The lowest BCUT2D eigenvalue weighted by Crippen LogP contribution is -2.11. The van der Waals surface area contributed by atoms with Crippen LogP contribution in [-0.4, -0.2) is 25.8 Å². The maximum atomic E-state index is 12.4. The SMILES string of the molecule is NCc1cn(CC(=O)c2cccc3ncccc23)nn1. The van der Waals surface area contributed by atoms with Crippen LogP contribution in [0, 0.1) is 0 Å². The summed E-state index contributed by atoms with van der Waals surface area (Å²) in [7, 11) is 0. The largest absolute Gasteiger partial charge is 0.325 e. The number of hydrogen-bond acceptors (Lipinski definition) is 5. The van der Waals surface area contributed by atoms with Crippen LogP contribution in [0.1, 0.15) is 16.1 Å². The zero-order chi connectivity index (χ0) is 13.9. The first-order valence-corrected chi connectivity index (χ1v) is 6.24. The molecule has 2 aromatic heterocycles. The lowest BCUT2D eigenvalue weighted by atomic mass is 10.0. The molecule has 2 N–H and O–H groups in total. The maximum Gasteiger partial charge on any atom is 0.185 e. The predicted molar refractivity (Wildman–Crippen MR) is 74.0 cm³/mol. The van der Waals surface area contributed by atoms with Crippen molar-refractivity contribution in [3.8, 4) is 0 Å². The molecule has 0 unspecified atom stereocenters. The molecule has 20 heavy (non-hydrogen) atoms. The van der Waals surface area contributed by atoms with Gasteiger partial charge in [0.15, 0.2) is 5.78 Å². The second-order valence-electron chi connectivity index (χ2n) is 4.41. The minimum Gasteiger partial charge on any atom is -0.325 e. The summed E-state index contributed by atoms with van der Waals surface area (Å²) in [5, 5.41) is 8.60. The molecule has 0 aliphatic carbocycles. The second-order valence-corrected chi connectivity index (χ2v) is 4.41. The van der Waals surface area contributed by atoms with Gasteiger partial charge in [-0.1, -0.05) is 23.4 Å². The first kappa shape index (κ1) is 12.4. The van der Waals surface area contributed by atoms with Gasteiger partial charge in [0.1, 0.15) is 6.54 Å². The third-order valence-corrected chi connectivity index (χ3v) is 3.05. The number of rotatable bonds is 4. The van der Waals surface area contributed by atoms with Gasteiger partial charge in [-0.2, -0.15) is 0 Å². The highest BCUT2D eigenvalue weighted by atomic mass is 16.1. The monoisotopic (exact) mass is 267 g/mol. The van der Waals surface area contributed by atoms with Crippen molar-refractivity contribution >= 4 is 16.7 Å². The van der Waals surface area contributed by atoms with E-state index >= 15 is 0 Å². The molecule has 0 spiro atoms. The summed E-state index contributed by atoms with van der Waals surface area (Å²) in [5.41, 5.74) is 7.58. The minimum atomic E-state index is -0.0305. The van der Waals surface area contributed by atoms with Crippen LogP contribution in [0.15, 0.2) is 42.7 Å². The van der Waals surface area contributed by atoms with Crippen LogP contribution in [0.5, 0.6) is 0 Å². The van der Waals surface area contributed by atoms with Gasteiger partial charge in [-0.05, 0) is 12.1 Å². The number of nitrogens with two attached hydrogens (primary N) is 1. The number of carbonyl (C=O) groups excluding carboxylic acids is 1. The summed E-state index contributed by atoms with van der Waals surface area (Å²) in [6.07, 6.45) is 3.39. The summed E-state index contributed by atoms with van der Waals surface area (Å²) in [6.45, 7) is 0.452. The fourth-order valence-electron chi connectivity index (χ4n) is 2.09. The number of fused-ring (bicyclic) bond motifs is 1. The Balaban J connectivity index is 1.92. The lowest BCUT2D eigenvalue weighted by Gasteiger charge is -2.04. The first-order valence-electron chi connectivity index (χ1n) is 6.24. The standard InChI is InChI=1S/C14H13N5O/c15-7-10-8-19(18-17-10)9-14(20)12-3-1-5-13-11(12)4-2-6-16-13/h1-6,8H,7,9,15H2. The molecule has 0 amide bonds. The van der Waals surface area contributed by atoms with E-state index in [1.807, 2.05) is 24.3 Å². The average molecular weight is 267 g/mol. The highest BCUT2D eigenvalue weighted by Crippen LogP contribution is 2.17. The molecule has 0 radical (unpaired) electrons. The maximum absolute atomic E-state index is 12.4. The Morgan fingerprint density at radius 2 is 2.15 bits per heavy atom. The summed E-state index contributed by atoms with van der Waals surface area (Å²) in [5.74, 6) is -0.0305. The highest BCUT2D eigenvalue weighted by molar-refractivity contribution is 6.07. The van der Waals surface area contributed by atoms with E-state index in [1.165, 1.54) is 4.68 Å². The smallest absolute Gasteiger partial charge is 0.185 e. The summed E-state index contributed by atoms with van der Waals surface area (Å²) >= 11 is 0. The molecule has 0 atom stereocenters. The Kier molecular flexibility index (Phi) is 3.22. The molecule has 3 aromatic rings. The quantitative estimate of drug-likeness (QED) is 0.717. The van der Waals surface area contributed by atoms with Gasteiger partial charge >= 0.3 is 0 Å². The molecule has 2 heterocycles. The molecule has 0 aliphatic heterocycles. The van der Waals surface area contributed by atoms with Crippen LogP contribution in [0.3, 0.4) is 0 Å². The molecule has 6 heteroatoms. The van der Waals surface area contributed by atoms with Crippen molar-refractivity contribution in [2.75, 3.05) is 0 Å². The van der Waals surface area contributed by atoms with E-state index in [4.69, 9.17) is 5.73 Å². The van der Waals surface area contributed by atoms with Gasteiger partial charge in [0.05, 0.1) is 17.4 Å². The number of pyridine rings is 1. The van der Waals surface area contributed by atoms with Gasteiger partial charge in [-0.25, -0.2) is 4.68 Å². The molecule has 0 saturated carbocycles. The van der Waals surface area contributed by atoms with Crippen LogP contribution in [0.4, 0.5) is 0 Å². The van der Waals surface area contributed by atoms with Gasteiger partial charge in [-0.15, -0.1) is 5.10 Å². The van der Waals surface area contributed by atoms with E-state index in [0.29, 0.717) is 17.8 Å². The van der Waals surface area contributed by atoms with Crippen molar-refractivity contribution in [1.29, 1.82) is 0 Å². The molecule has 0 aliphatic rings. The fourth-order valence-corrected chi connectivity index (χ4v) is 2.09. The van der Waals surface area contributed by atoms with Crippen molar-refractivity contribution in [2.24, 2.45) is 5.73 Å². The van der Waals surface area contributed by atoms with Crippen molar-refractivity contribution in [3.63, 3.8) is 0 Å². The van der Waals surface area contributed by atoms with Gasteiger partial charge in [-0.3, -0.25) is 9.78 Å². The van der Waals surface area contributed by atoms with Crippen LogP contribution in [0.2, 0.25) is 0 Å². The second kappa shape index (κ2) is 5.18. The van der Waals surface area contributed by atoms with Crippen molar-refractivity contribution in [2.45, 2.75) is 13.1 Å². The highest BCUT2D eigenvalue weighted by Gasteiger charge is 2.12. The zero-order valence-electron chi connectivity index (χ0n) is 10.7. The van der Waals surface area contributed by atoms with Crippen LogP contribution >= 0.6 is 0 Å². The minimum absolute atomic E-state index is 0.0305. The Labute approximate surface area is 115 Å². The Morgan fingerprint density at radius 3 is 2.95 bits per heavy atom. The molecule has 0 saturated heterocycles. The number of benzene rings is 1. The molecule has 100 valence electrons. The third-order valence-electron chi connectivity index (χ3n) is 3.05. The Morgan fingerprint density at radius 1 is 1.25 bits per heavy atom. The van der Waals surface area contributed by atoms with E-state index in [-0.39, 0.29) is 12.3 Å². The lowest BCUT2D eigenvalue weighted by molar-refractivity contribution is 0.0968. The summed E-state index contributed by atoms with van der Waals surface area (Å²) in [6, 6.07) is 9.22. The number of ketones is 1. The molecular formula is C14H13N5O. The van der Waals surface area contributed by atoms with Gasteiger partial charge < -0.3 is 5.73 Å². The molecule has 0 fully saturated rings. The van der Waals surface area contributed by atoms with Crippen LogP contribution < -0.4 is 5.73 Å². The predicted octanol–water partition coefficient (Wildman–Crippen LogP) is 1.17. The van der Waals surface area contributed by atoms with E-state index in [9.17, 15) is 4.79 Å². The number of hydrogen-bond donors (Lipinski definition) is 1.